The summed E-state index contributed by atoms with van der Waals surface area (Å²) in [6.45, 7) is 2.64. The van der Waals surface area contributed by atoms with Crippen molar-refractivity contribution in [3.05, 3.63) is 64.8 Å². The second-order valence-corrected chi connectivity index (χ2v) is 26.3. The highest BCUT2D eigenvalue weighted by molar-refractivity contribution is 5.77. The van der Waals surface area contributed by atoms with Gasteiger partial charge in [-0.25, -0.2) is 27.2 Å². The van der Waals surface area contributed by atoms with Gasteiger partial charge in [-0.1, -0.05) is 15.6 Å². The van der Waals surface area contributed by atoms with E-state index in [4.69, 9.17) is 71.1 Å². The van der Waals surface area contributed by atoms with Crippen LogP contribution in [0, 0.1) is 40.9 Å². The number of nitrogens with one attached hydrogen (secondary N) is 1. The number of rotatable bonds is 59. The van der Waals surface area contributed by atoms with E-state index in [9.17, 15) is 77.5 Å². The Morgan fingerprint density at radius 2 is 0.782 bits per heavy atom. The van der Waals surface area contributed by atoms with E-state index < -0.39 is 126 Å². The number of nitrogens with zero attached hydrogens (tertiary/aromatic N) is 9. The van der Waals surface area contributed by atoms with Crippen LogP contribution in [0.1, 0.15) is 62.0 Å². The van der Waals surface area contributed by atoms with E-state index in [0.29, 0.717) is 95.2 Å². The zero-order valence-electron chi connectivity index (χ0n) is 61.4. The third kappa shape index (κ3) is 32.6. The Kier molecular flexibility index (Phi) is 42.6. The normalized spacial score (nSPS) is 22.5. The highest BCUT2D eigenvalue weighted by Gasteiger charge is 2.40. The maximum Gasteiger partial charge on any atom is 0.313 e. The maximum absolute atomic E-state index is 14.0. The number of esters is 1. The van der Waals surface area contributed by atoms with Gasteiger partial charge in [0.25, 0.3) is 0 Å². The Hall–Kier alpha value is -5.73. The number of aliphatic hydroxyl groups is 9. The fourth-order valence-corrected chi connectivity index (χ4v) is 11.7. The second-order valence-electron chi connectivity index (χ2n) is 26.3. The van der Waals surface area contributed by atoms with Gasteiger partial charge in [-0.15, -0.1) is 15.3 Å². The van der Waals surface area contributed by atoms with Crippen molar-refractivity contribution >= 4 is 11.9 Å². The highest BCUT2D eigenvalue weighted by atomic mass is 19.2. The number of hydrogen-bond acceptors (Lipinski definition) is 33. The summed E-state index contributed by atoms with van der Waals surface area (Å²) in [5.74, 6) is -16.1. The summed E-state index contributed by atoms with van der Waals surface area (Å²) in [4.78, 5) is 26.0. The maximum atomic E-state index is 14.0. The zero-order valence-corrected chi connectivity index (χ0v) is 61.4. The molecule has 2 aliphatic carbocycles. The predicted octanol–water partition coefficient (Wildman–Crippen LogP) is -2.53. The molecule has 3 aliphatic rings. The van der Waals surface area contributed by atoms with Crippen molar-refractivity contribution in [3.63, 3.8) is 0 Å². The van der Waals surface area contributed by atoms with E-state index in [1.54, 1.807) is 32.6 Å². The first-order valence-corrected chi connectivity index (χ1v) is 36.8. The molecule has 110 heavy (non-hydrogen) atoms. The third-order valence-electron chi connectivity index (χ3n) is 17.8. The minimum atomic E-state index is -2.41. The summed E-state index contributed by atoms with van der Waals surface area (Å²) < 4.78 is 165. The second kappa shape index (κ2) is 51.2. The monoisotopic (exact) mass is 1590 g/mol. The molecule has 4 heterocycles. The van der Waals surface area contributed by atoms with E-state index in [1.807, 2.05) is 0 Å². The lowest BCUT2D eigenvalue weighted by molar-refractivity contribution is -0.256. The van der Waals surface area contributed by atoms with Crippen molar-refractivity contribution in [1.82, 2.24) is 50.3 Å². The molecule has 12 atom stereocenters. The van der Waals surface area contributed by atoms with Gasteiger partial charge in [-0.2, -0.15) is 8.78 Å². The lowest BCUT2D eigenvalue weighted by Gasteiger charge is -2.35. The molecular formula is C68H107F5N10O27. The van der Waals surface area contributed by atoms with E-state index in [-0.39, 0.29) is 190 Å². The number of ether oxygens (including phenoxy) is 16. The van der Waals surface area contributed by atoms with Crippen LogP contribution in [-0.4, -0.2) is 355 Å². The number of carbonyl (C=O) groups is 2. The van der Waals surface area contributed by atoms with E-state index in [0.717, 1.165) is 0 Å². The molecule has 1 aliphatic heterocycles. The first-order chi connectivity index (χ1) is 53.3. The largest absolute Gasteiger partial charge is 0.420 e. The molecule has 7 rings (SSSR count). The molecule has 0 spiro atoms. The molecule has 2 saturated carbocycles. The fourth-order valence-electron chi connectivity index (χ4n) is 11.7. The van der Waals surface area contributed by atoms with Crippen LogP contribution in [0.5, 0.6) is 5.75 Å². The summed E-state index contributed by atoms with van der Waals surface area (Å²) >= 11 is 0. The van der Waals surface area contributed by atoms with Crippen molar-refractivity contribution in [2.45, 2.75) is 151 Å². The van der Waals surface area contributed by atoms with Crippen molar-refractivity contribution in [3.8, 4) is 5.75 Å². The molecule has 0 radical (unpaired) electrons. The number of amides is 1. The van der Waals surface area contributed by atoms with Crippen LogP contribution in [0.3, 0.4) is 0 Å². The first kappa shape index (κ1) is 91.5. The van der Waals surface area contributed by atoms with Gasteiger partial charge in [0.2, 0.25) is 40.7 Å². The molecule has 3 fully saturated rings. The summed E-state index contributed by atoms with van der Waals surface area (Å²) in [5, 5.41) is 117. The minimum absolute atomic E-state index is 0.0462. The van der Waals surface area contributed by atoms with Crippen LogP contribution in [0.2, 0.25) is 0 Å². The standard InChI is InChI=1S/C68H107F5N10O27/c69-59-60(70)62(72)67(63(73)61(59)71)110-57(91)5-10-96-18-17-95-9-4-56(90)74-68(42-103-28-25-100-22-19-97-14-6-81-36-47(75-78-81)1-11-106-50-31-45(39-84)64(92)52(87)33-50,43-104-29-26-101-23-20-98-15-7-82-37-48(76-79-82)2-12-107-51-32-46(40-85)65(93)53(88)34-51)44-105-30-27-102-24-21-99-16-8-83-38-49(77-80-83)3-13-108-58-35-54(89)66(94)55(41-86)109-58/h36-38,45-46,50-55,58,64-66,84-89,92-94H,1-35,39-44H2,(H,74,90)/t45-,46-,50-,51-,52-,53-,54-,55-,58-,64+,65+,66-/m1/s1. The van der Waals surface area contributed by atoms with Crippen molar-refractivity contribution in [2.75, 3.05) is 185 Å². The molecule has 0 bridgehead atoms. The number of benzene rings is 1. The number of aliphatic hydroxyl groups excluding tert-OH is 9. The summed E-state index contributed by atoms with van der Waals surface area (Å²) in [7, 11) is 0. The summed E-state index contributed by atoms with van der Waals surface area (Å²) in [5.41, 5.74) is 0.681. The Morgan fingerprint density at radius 3 is 1.18 bits per heavy atom. The Balaban J connectivity index is 0.845. The lowest BCUT2D eigenvalue weighted by atomic mass is 9.83. The number of aromatic nitrogens is 9. The van der Waals surface area contributed by atoms with Gasteiger partial charge in [0, 0.05) is 88.6 Å². The van der Waals surface area contributed by atoms with Gasteiger partial charge >= 0.3 is 5.97 Å². The lowest BCUT2D eigenvalue weighted by Crippen LogP contribution is -2.59. The molecule has 1 saturated heterocycles. The van der Waals surface area contributed by atoms with Gasteiger partial charge in [-0.05, 0) is 12.8 Å². The van der Waals surface area contributed by atoms with Crippen LogP contribution in [0.25, 0.3) is 0 Å². The zero-order chi connectivity index (χ0) is 78.9. The molecule has 10 N–H and O–H groups in total. The average molecular weight is 1590 g/mol. The van der Waals surface area contributed by atoms with Crippen molar-refractivity contribution < 1.29 is 153 Å². The van der Waals surface area contributed by atoms with Crippen LogP contribution >= 0.6 is 0 Å². The summed E-state index contributed by atoms with van der Waals surface area (Å²) in [6.07, 6.45) is -1.40. The fraction of sp³-hybridized carbons (Fsp3) is 0.794. The predicted molar refractivity (Wildman–Crippen MR) is 364 cm³/mol. The smallest absolute Gasteiger partial charge is 0.313 e. The molecule has 42 heteroatoms. The summed E-state index contributed by atoms with van der Waals surface area (Å²) in [6, 6.07) is 0. The molecule has 1 aromatic carbocycles. The Bertz CT molecular complexity index is 2940. The average Bonchev–Trinajstić information content (AvgIpc) is 1.37. The minimum Gasteiger partial charge on any atom is -0.420 e. The molecule has 3 aromatic heterocycles. The van der Waals surface area contributed by atoms with E-state index >= 15 is 0 Å². The van der Waals surface area contributed by atoms with Gasteiger partial charge in [-0.3, -0.25) is 9.59 Å². The number of halogens is 5. The number of carbonyl (C=O) groups excluding carboxylic acids is 2. The van der Waals surface area contributed by atoms with Crippen LogP contribution in [0.15, 0.2) is 18.6 Å². The molecule has 37 nitrogen and oxygen atoms in total. The van der Waals surface area contributed by atoms with Crippen LogP contribution in [0.4, 0.5) is 22.0 Å². The Morgan fingerprint density at radius 1 is 0.427 bits per heavy atom. The molecule has 1 amide bonds. The van der Waals surface area contributed by atoms with Crippen molar-refractivity contribution in [1.29, 1.82) is 0 Å². The topological polar surface area (TPSA) is 468 Å². The SMILES string of the molecule is O=C(CCOCCOCCC(=O)Oc1c(F)c(F)c(F)c(F)c1F)NC(COCCOCCOCCn1cc(CCO[C@@H]2C[C@H](CO)[C@H](O)[C@H](O)C2)nn1)(COCCOCCOCCn1cc(CCO[C@@H]2C[C@H](CO)[C@H](O)[C@H](O)C2)nn1)COCCOCCOCCn1cc(CCO[C@H]2C[C@@H](O)[C@@H](O)[C@@H](CO)O2)nn1. The Labute approximate surface area is 631 Å². The quantitative estimate of drug-likeness (QED) is 0.00544. The van der Waals surface area contributed by atoms with E-state index in [1.165, 1.54) is 0 Å². The van der Waals surface area contributed by atoms with Crippen molar-refractivity contribution in [2.24, 2.45) is 11.8 Å². The first-order valence-electron chi connectivity index (χ1n) is 36.8. The van der Waals surface area contributed by atoms with Gasteiger partial charge in [0.05, 0.1) is 258 Å². The highest BCUT2D eigenvalue weighted by Crippen LogP contribution is 2.31. The molecule has 4 aromatic rings. The molecule has 0 unspecified atom stereocenters. The van der Waals surface area contributed by atoms with Crippen LogP contribution in [-0.2, 0) is 120 Å². The van der Waals surface area contributed by atoms with E-state index in [2.05, 4.69) is 41.0 Å². The van der Waals surface area contributed by atoms with Crippen LogP contribution < -0.4 is 10.1 Å². The van der Waals surface area contributed by atoms with Gasteiger partial charge in [0.1, 0.15) is 17.7 Å². The van der Waals surface area contributed by atoms with Gasteiger partial charge < -0.3 is 127 Å². The third-order valence-corrected chi connectivity index (χ3v) is 17.8. The number of hydrogen-bond donors (Lipinski definition) is 10. The molecule has 626 valence electrons. The molecular weight excluding hydrogens is 1480 g/mol. The van der Waals surface area contributed by atoms with Gasteiger partial charge in [0.15, 0.2) is 6.29 Å².